The Bertz CT molecular complexity index is 332. The molecule has 0 amide bonds. The van der Waals surface area contributed by atoms with Crippen LogP contribution < -0.4 is 0 Å². The molecule has 1 aromatic carbocycles. The first-order valence-electron chi connectivity index (χ1n) is 5.80. The maximum absolute atomic E-state index is 10.9. The van der Waals surface area contributed by atoms with E-state index in [0.717, 1.165) is 10.4 Å². The zero-order valence-electron chi connectivity index (χ0n) is 11.5. The Hall–Kier alpha value is -0.340. The van der Waals surface area contributed by atoms with E-state index < -0.39 is 0 Å². The van der Waals surface area contributed by atoms with E-state index in [9.17, 15) is 4.79 Å². The average molecular weight is 322 g/mol. The number of carbonyl (C=O) groups is 1. The van der Waals surface area contributed by atoms with E-state index in [2.05, 4.69) is 36.7 Å². The van der Waals surface area contributed by atoms with Crippen molar-refractivity contribution in [2.45, 2.75) is 41.5 Å². The fourth-order valence-electron chi connectivity index (χ4n) is 0.775. The standard InChI is InChI=1S/C8H6BrClO.C4H10.C2H6/c1-5(11)7-3-2-6(9)4-8(7)10;1-4(2)3;1-2/h2-4H,1H3;4H,1-3H3;1-2H3. The van der Waals surface area contributed by atoms with Gasteiger partial charge in [-0.1, -0.05) is 62.1 Å². The molecule has 1 nitrogen and oxygen atoms in total. The van der Waals surface area contributed by atoms with Crippen LogP contribution in [-0.2, 0) is 0 Å². The Kier molecular flexibility index (Phi) is 12.1. The molecule has 98 valence electrons. The Morgan fingerprint density at radius 1 is 1.24 bits per heavy atom. The van der Waals surface area contributed by atoms with Gasteiger partial charge in [-0.2, -0.15) is 0 Å². The third-order valence-electron chi connectivity index (χ3n) is 1.31. The molecule has 0 saturated carbocycles. The Morgan fingerprint density at radius 3 is 1.94 bits per heavy atom. The molecule has 3 heteroatoms. The minimum Gasteiger partial charge on any atom is -0.294 e. The fourth-order valence-corrected chi connectivity index (χ4v) is 1.58. The lowest BCUT2D eigenvalue weighted by Gasteiger charge is -1.98. The zero-order valence-corrected chi connectivity index (χ0v) is 13.8. The van der Waals surface area contributed by atoms with Crippen LogP contribution in [0.5, 0.6) is 0 Å². The molecule has 17 heavy (non-hydrogen) atoms. The number of hydrogen-bond donors (Lipinski definition) is 0. The normalized spacial score (nSPS) is 8.76. The van der Waals surface area contributed by atoms with Gasteiger partial charge in [0.25, 0.3) is 0 Å². The predicted molar refractivity (Wildman–Crippen MR) is 81.0 cm³/mol. The quantitative estimate of drug-likeness (QED) is 0.580. The lowest BCUT2D eigenvalue weighted by atomic mass is 10.1. The van der Waals surface area contributed by atoms with Gasteiger partial charge in [0.2, 0.25) is 0 Å². The van der Waals surface area contributed by atoms with Crippen molar-refractivity contribution >= 4 is 33.3 Å². The van der Waals surface area contributed by atoms with Crippen molar-refractivity contribution in [2.24, 2.45) is 5.92 Å². The van der Waals surface area contributed by atoms with Crippen LogP contribution >= 0.6 is 27.5 Å². The lowest BCUT2D eigenvalue weighted by molar-refractivity contribution is 0.101. The smallest absolute Gasteiger partial charge is 0.161 e. The highest BCUT2D eigenvalue weighted by Gasteiger charge is 2.04. The molecule has 1 rings (SSSR count). The van der Waals surface area contributed by atoms with E-state index in [4.69, 9.17) is 11.6 Å². The summed E-state index contributed by atoms with van der Waals surface area (Å²) in [6.45, 7) is 12.0. The summed E-state index contributed by atoms with van der Waals surface area (Å²) in [6, 6.07) is 5.20. The topological polar surface area (TPSA) is 17.1 Å². The summed E-state index contributed by atoms with van der Waals surface area (Å²) in [5.41, 5.74) is 0.565. The van der Waals surface area contributed by atoms with Crippen LogP contribution in [0, 0.1) is 5.92 Å². The van der Waals surface area contributed by atoms with E-state index in [1.807, 2.05) is 13.8 Å². The molecule has 0 aromatic heterocycles. The first-order chi connectivity index (χ1) is 7.84. The lowest BCUT2D eigenvalue weighted by Crippen LogP contribution is -1.92. The molecule has 0 aliphatic heterocycles. The highest BCUT2D eigenvalue weighted by molar-refractivity contribution is 9.10. The minimum absolute atomic E-state index is 0.0116. The van der Waals surface area contributed by atoms with Crippen LogP contribution in [0.3, 0.4) is 0 Å². The second kappa shape index (κ2) is 10.8. The molecule has 0 fully saturated rings. The molecular formula is C14H22BrClO. The number of carbonyl (C=O) groups excluding carboxylic acids is 1. The van der Waals surface area contributed by atoms with Gasteiger partial charge in [-0.05, 0) is 31.0 Å². The van der Waals surface area contributed by atoms with Gasteiger partial charge in [-0.25, -0.2) is 0 Å². The van der Waals surface area contributed by atoms with Gasteiger partial charge >= 0.3 is 0 Å². The molecule has 0 spiro atoms. The van der Waals surface area contributed by atoms with Gasteiger partial charge in [0, 0.05) is 10.0 Å². The van der Waals surface area contributed by atoms with E-state index in [-0.39, 0.29) is 5.78 Å². The van der Waals surface area contributed by atoms with Gasteiger partial charge in [0.1, 0.15) is 0 Å². The summed E-state index contributed by atoms with van der Waals surface area (Å²) in [7, 11) is 0. The van der Waals surface area contributed by atoms with Gasteiger partial charge in [-0.15, -0.1) is 0 Å². The highest BCUT2D eigenvalue weighted by atomic mass is 79.9. The summed E-state index contributed by atoms with van der Waals surface area (Å²) in [4.78, 5) is 10.9. The van der Waals surface area contributed by atoms with E-state index in [1.54, 1.807) is 18.2 Å². The highest BCUT2D eigenvalue weighted by Crippen LogP contribution is 2.21. The van der Waals surface area contributed by atoms with Crippen LogP contribution in [0.25, 0.3) is 0 Å². The van der Waals surface area contributed by atoms with Crippen LogP contribution in [0.1, 0.15) is 51.9 Å². The van der Waals surface area contributed by atoms with Gasteiger partial charge in [0.15, 0.2) is 5.78 Å². The van der Waals surface area contributed by atoms with Gasteiger partial charge in [0.05, 0.1) is 5.02 Å². The fraction of sp³-hybridized carbons (Fsp3) is 0.500. The van der Waals surface area contributed by atoms with Crippen molar-refractivity contribution in [1.82, 2.24) is 0 Å². The number of hydrogen-bond acceptors (Lipinski definition) is 1. The molecular weight excluding hydrogens is 300 g/mol. The first-order valence-corrected chi connectivity index (χ1v) is 6.97. The molecule has 0 bridgehead atoms. The largest absolute Gasteiger partial charge is 0.294 e. The summed E-state index contributed by atoms with van der Waals surface area (Å²) in [6.07, 6.45) is 0. The van der Waals surface area contributed by atoms with Crippen molar-refractivity contribution in [3.05, 3.63) is 33.3 Å². The van der Waals surface area contributed by atoms with Crippen LogP contribution in [0.2, 0.25) is 5.02 Å². The van der Waals surface area contributed by atoms with Crippen molar-refractivity contribution in [2.75, 3.05) is 0 Å². The third-order valence-corrected chi connectivity index (χ3v) is 2.12. The van der Waals surface area contributed by atoms with Crippen LogP contribution in [0.4, 0.5) is 0 Å². The number of ketones is 1. The summed E-state index contributed by atoms with van der Waals surface area (Å²) in [5, 5.41) is 0.492. The first kappa shape index (κ1) is 19.0. The molecule has 0 heterocycles. The second-order valence-electron chi connectivity index (χ2n) is 3.91. The van der Waals surface area contributed by atoms with Gasteiger partial charge in [-0.3, -0.25) is 4.79 Å². The molecule has 0 atom stereocenters. The van der Waals surface area contributed by atoms with E-state index in [0.29, 0.717) is 10.6 Å². The maximum Gasteiger partial charge on any atom is 0.161 e. The summed E-state index contributed by atoms with van der Waals surface area (Å²) < 4.78 is 0.882. The molecule has 0 aliphatic rings. The summed E-state index contributed by atoms with van der Waals surface area (Å²) in [5.74, 6) is 0.822. The monoisotopic (exact) mass is 320 g/mol. The summed E-state index contributed by atoms with van der Waals surface area (Å²) >= 11 is 9.02. The van der Waals surface area contributed by atoms with Crippen LogP contribution in [-0.4, -0.2) is 5.78 Å². The zero-order chi connectivity index (χ0) is 14.0. The predicted octanol–water partition coefficient (Wildman–Crippen LogP) is 5.99. The molecule has 0 aliphatic carbocycles. The Balaban J connectivity index is 0. The van der Waals surface area contributed by atoms with Crippen LogP contribution in [0.15, 0.2) is 22.7 Å². The van der Waals surface area contributed by atoms with Gasteiger partial charge < -0.3 is 0 Å². The van der Waals surface area contributed by atoms with Crippen molar-refractivity contribution in [1.29, 1.82) is 0 Å². The molecule has 0 N–H and O–H groups in total. The third kappa shape index (κ3) is 10.5. The molecule has 0 saturated heterocycles. The Labute approximate surface area is 119 Å². The average Bonchev–Trinajstić information content (AvgIpc) is 2.19. The molecule has 0 unspecified atom stereocenters. The number of Topliss-reactive ketones (excluding diaryl/α,β-unsaturated/α-hetero) is 1. The maximum atomic E-state index is 10.9. The Morgan fingerprint density at radius 2 is 1.65 bits per heavy atom. The SMILES string of the molecule is CC.CC(=O)c1ccc(Br)cc1Cl.CC(C)C. The molecule has 0 radical (unpaired) electrons. The number of benzene rings is 1. The van der Waals surface area contributed by atoms with E-state index in [1.165, 1.54) is 6.92 Å². The van der Waals surface area contributed by atoms with Crippen molar-refractivity contribution in [3.8, 4) is 0 Å². The second-order valence-corrected chi connectivity index (χ2v) is 5.24. The minimum atomic E-state index is -0.0116. The molecule has 1 aromatic rings. The van der Waals surface area contributed by atoms with Crippen molar-refractivity contribution in [3.63, 3.8) is 0 Å². The number of rotatable bonds is 1. The van der Waals surface area contributed by atoms with E-state index >= 15 is 0 Å². The van der Waals surface area contributed by atoms with Crippen molar-refractivity contribution < 1.29 is 4.79 Å². The number of halogens is 2.